The predicted octanol–water partition coefficient (Wildman–Crippen LogP) is 2.54. The molecule has 1 aromatic carbocycles. The first-order valence-corrected chi connectivity index (χ1v) is 5.00. The van der Waals surface area contributed by atoms with Crippen LogP contribution in [0.5, 0.6) is 0 Å². The molecule has 1 aliphatic carbocycles. The third kappa shape index (κ3) is 1.22. The van der Waals surface area contributed by atoms with E-state index < -0.39 is 0 Å². The molecule has 74 valence electrons. The summed E-state index contributed by atoms with van der Waals surface area (Å²) in [4.78, 5) is 11.9. The molecule has 2 aromatic rings. The van der Waals surface area contributed by atoms with Crippen LogP contribution in [0.2, 0.25) is 0 Å². The minimum absolute atomic E-state index is 0.184. The van der Waals surface area contributed by atoms with E-state index in [-0.39, 0.29) is 11.7 Å². The van der Waals surface area contributed by atoms with Crippen LogP contribution in [0.4, 0.5) is 0 Å². The van der Waals surface area contributed by atoms with Crippen LogP contribution >= 0.6 is 0 Å². The monoisotopic (exact) mass is 198 g/mol. The number of hydrogen-bond donors (Lipinski definition) is 0. The number of carbonyl (C=O) groups excluding carboxylic acids is 1. The molecule has 0 aliphatic heterocycles. The zero-order chi connectivity index (χ0) is 10.3. The molecule has 0 amide bonds. The van der Waals surface area contributed by atoms with Crippen molar-refractivity contribution in [2.24, 2.45) is 0 Å². The highest BCUT2D eigenvalue weighted by atomic mass is 16.3. The Kier molecular flexibility index (Phi) is 1.75. The average molecular weight is 198 g/mol. The second kappa shape index (κ2) is 3.09. The molecule has 1 unspecified atom stereocenters. The molecule has 2 nitrogen and oxygen atoms in total. The standard InChI is InChI=1S/C13H10O2/c14-11-8-9-4-1-2-5-10(9)13(11)12-6-3-7-15-12/h1-7,13H,8H2. The lowest BCUT2D eigenvalue weighted by Gasteiger charge is -2.06. The van der Waals surface area contributed by atoms with Gasteiger partial charge in [-0.1, -0.05) is 24.3 Å². The topological polar surface area (TPSA) is 30.2 Å². The van der Waals surface area contributed by atoms with Gasteiger partial charge in [-0.3, -0.25) is 4.79 Å². The zero-order valence-electron chi connectivity index (χ0n) is 8.14. The highest BCUT2D eigenvalue weighted by molar-refractivity contribution is 5.94. The average Bonchev–Trinajstić information content (AvgIpc) is 2.82. The molecular weight excluding hydrogens is 188 g/mol. The molecule has 15 heavy (non-hydrogen) atoms. The molecule has 1 heterocycles. The first-order chi connectivity index (χ1) is 7.36. The molecule has 1 aliphatic rings. The quantitative estimate of drug-likeness (QED) is 0.704. The summed E-state index contributed by atoms with van der Waals surface area (Å²) in [5, 5.41) is 0. The van der Waals surface area contributed by atoms with Crippen molar-refractivity contribution in [3.8, 4) is 0 Å². The van der Waals surface area contributed by atoms with Gasteiger partial charge < -0.3 is 4.42 Å². The summed E-state index contributed by atoms with van der Waals surface area (Å²) in [6.07, 6.45) is 2.14. The highest BCUT2D eigenvalue weighted by Crippen LogP contribution is 2.35. The third-order valence-electron chi connectivity index (χ3n) is 2.88. The number of furan rings is 1. The molecular formula is C13H10O2. The Bertz CT molecular complexity index is 497. The van der Waals surface area contributed by atoms with Crippen molar-refractivity contribution >= 4 is 5.78 Å². The lowest BCUT2D eigenvalue weighted by molar-refractivity contribution is -0.118. The van der Waals surface area contributed by atoms with Gasteiger partial charge in [0.1, 0.15) is 11.7 Å². The number of hydrogen-bond acceptors (Lipinski definition) is 2. The van der Waals surface area contributed by atoms with Gasteiger partial charge in [-0.15, -0.1) is 0 Å². The number of rotatable bonds is 1. The Morgan fingerprint density at radius 3 is 2.80 bits per heavy atom. The first kappa shape index (κ1) is 8.48. The van der Waals surface area contributed by atoms with Crippen LogP contribution in [0.1, 0.15) is 22.8 Å². The van der Waals surface area contributed by atoms with Crippen LogP contribution in [0.15, 0.2) is 47.1 Å². The normalized spacial score (nSPS) is 19.2. The summed E-state index contributed by atoms with van der Waals surface area (Å²) < 4.78 is 5.32. The molecule has 0 saturated carbocycles. The Hall–Kier alpha value is -1.83. The number of Topliss-reactive ketones (excluding diaryl/α,β-unsaturated/α-hetero) is 1. The van der Waals surface area contributed by atoms with Crippen molar-refractivity contribution in [1.29, 1.82) is 0 Å². The summed E-state index contributed by atoms with van der Waals surface area (Å²) in [7, 11) is 0. The van der Waals surface area contributed by atoms with E-state index >= 15 is 0 Å². The van der Waals surface area contributed by atoms with E-state index in [1.807, 2.05) is 36.4 Å². The van der Waals surface area contributed by atoms with E-state index in [2.05, 4.69) is 0 Å². The summed E-state index contributed by atoms with van der Waals surface area (Å²) >= 11 is 0. The second-order valence-electron chi connectivity index (χ2n) is 3.79. The largest absolute Gasteiger partial charge is 0.468 e. The number of carbonyl (C=O) groups is 1. The number of ketones is 1. The van der Waals surface area contributed by atoms with E-state index in [1.54, 1.807) is 6.26 Å². The van der Waals surface area contributed by atoms with E-state index in [0.29, 0.717) is 6.42 Å². The Balaban J connectivity index is 2.14. The zero-order valence-corrected chi connectivity index (χ0v) is 8.14. The molecule has 1 atom stereocenters. The highest BCUT2D eigenvalue weighted by Gasteiger charge is 2.33. The van der Waals surface area contributed by atoms with Crippen LogP contribution in [-0.4, -0.2) is 5.78 Å². The minimum Gasteiger partial charge on any atom is -0.468 e. The minimum atomic E-state index is -0.184. The predicted molar refractivity (Wildman–Crippen MR) is 55.7 cm³/mol. The van der Waals surface area contributed by atoms with Gasteiger partial charge in [0.05, 0.1) is 6.26 Å². The fraction of sp³-hybridized carbons (Fsp3) is 0.154. The molecule has 0 bridgehead atoms. The van der Waals surface area contributed by atoms with Crippen molar-refractivity contribution in [3.63, 3.8) is 0 Å². The second-order valence-corrected chi connectivity index (χ2v) is 3.79. The van der Waals surface area contributed by atoms with Gasteiger partial charge >= 0.3 is 0 Å². The van der Waals surface area contributed by atoms with Crippen molar-refractivity contribution in [2.75, 3.05) is 0 Å². The Morgan fingerprint density at radius 2 is 2.00 bits per heavy atom. The molecule has 0 spiro atoms. The molecule has 0 radical (unpaired) electrons. The van der Waals surface area contributed by atoms with Gasteiger partial charge in [0.2, 0.25) is 0 Å². The van der Waals surface area contributed by atoms with Crippen molar-refractivity contribution in [3.05, 3.63) is 59.5 Å². The molecule has 1 aromatic heterocycles. The van der Waals surface area contributed by atoms with Gasteiger partial charge in [0, 0.05) is 6.42 Å². The first-order valence-electron chi connectivity index (χ1n) is 5.00. The fourth-order valence-electron chi connectivity index (χ4n) is 2.21. The van der Waals surface area contributed by atoms with Crippen LogP contribution in [0.3, 0.4) is 0 Å². The number of benzene rings is 1. The SMILES string of the molecule is O=C1Cc2ccccc2C1c1ccco1. The summed E-state index contributed by atoms with van der Waals surface area (Å²) in [6, 6.07) is 11.6. The van der Waals surface area contributed by atoms with Gasteiger partial charge in [-0.2, -0.15) is 0 Å². The van der Waals surface area contributed by atoms with Gasteiger partial charge in [-0.25, -0.2) is 0 Å². The molecule has 0 N–H and O–H groups in total. The van der Waals surface area contributed by atoms with Crippen molar-refractivity contribution in [1.82, 2.24) is 0 Å². The van der Waals surface area contributed by atoms with Crippen LogP contribution in [0.25, 0.3) is 0 Å². The Morgan fingerprint density at radius 1 is 1.13 bits per heavy atom. The fourth-order valence-corrected chi connectivity index (χ4v) is 2.21. The summed E-state index contributed by atoms with van der Waals surface area (Å²) in [5.41, 5.74) is 2.22. The van der Waals surface area contributed by atoms with Crippen molar-refractivity contribution < 1.29 is 9.21 Å². The molecule has 3 rings (SSSR count). The van der Waals surface area contributed by atoms with Crippen LogP contribution in [0, 0.1) is 0 Å². The summed E-state index contributed by atoms with van der Waals surface area (Å²) in [5.74, 6) is 0.798. The molecule has 0 fully saturated rings. The smallest absolute Gasteiger partial charge is 0.152 e. The lowest BCUT2D eigenvalue weighted by Crippen LogP contribution is -2.06. The maximum atomic E-state index is 11.9. The van der Waals surface area contributed by atoms with E-state index in [0.717, 1.165) is 16.9 Å². The maximum Gasteiger partial charge on any atom is 0.152 e. The van der Waals surface area contributed by atoms with Gasteiger partial charge in [0.25, 0.3) is 0 Å². The third-order valence-corrected chi connectivity index (χ3v) is 2.88. The maximum absolute atomic E-state index is 11.9. The van der Waals surface area contributed by atoms with Crippen LogP contribution < -0.4 is 0 Å². The van der Waals surface area contributed by atoms with E-state index in [1.165, 1.54) is 0 Å². The van der Waals surface area contributed by atoms with E-state index in [4.69, 9.17) is 4.42 Å². The summed E-state index contributed by atoms with van der Waals surface area (Å²) in [6.45, 7) is 0. The van der Waals surface area contributed by atoms with Crippen LogP contribution in [-0.2, 0) is 11.2 Å². The van der Waals surface area contributed by atoms with Gasteiger partial charge in [-0.05, 0) is 23.3 Å². The Labute approximate surface area is 87.5 Å². The number of fused-ring (bicyclic) bond motifs is 1. The van der Waals surface area contributed by atoms with E-state index in [9.17, 15) is 4.79 Å². The lowest BCUT2D eigenvalue weighted by atomic mass is 9.98. The van der Waals surface area contributed by atoms with Crippen molar-refractivity contribution in [2.45, 2.75) is 12.3 Å². The van der Waals surface area contributed by atoms with Gasteiger partial charge in [0.15, 0.2) is 5.78 Å². The molecule has 2 heteroatoms. The molecule has 0 saturated heterocycles.